The van der Waals surface area contributed by atoms with Gasteiger partial charge in [-0.15, -0.1) is 0 Å². The highest BCUT2D eigenvalue weighted by molar-refractivity contribution is 6.03. The van der Waals surface area contributed by atoms with Crippen LogP contribution >= 0.6 is 0 Å². The molecule has 10 heteroatoms. The first-order chi connectivity index (χ1) is 15.4. The third-order valence-corrected chi connectivity index (χ3v) is 4.95. The van der Waals surface area contributed by atoms with Gasteiger partial charge in [0, 0.05) is 31.9 Å². The molecule has 1 aliphatic heterocycles. The zero-order valence-corrected chi connectivity index (χ0v) is 18.0. The number of hydrogen-bond donors (Lipinski definition) is 1. The van der Waals surface area contributed by atoms with Crippen LogP contribution < -0.4 is 5.32 Å². The second-order valence-corrected chi connectivity index (χ2v) is 7.10. The molecular weight excluding hydrogens is 418 g/mol. The Balaban J connectivity index is 1.52. The molecule has 3 rings (SSSR count). The SMILES string of the molecule is CCOC(=O)N1CCN(C(=O)COC(=O)c2ccc(C)c(NC(=O)c3ccco3)c2)CC1. The molecule has 0 unspecified atom stereocenters. The summed E-state index contributed by atoms with van der Waals surface area (Å²) in [5, 5.41) is 2.69. The second kappa shape index (κ2) is 10.5. The molecule has 0 saturated carbocycles. The van der Waals surface area contributed by atoms with Crippen LogP contribution in [-0.4, -0.2) is 73.1 Å². The average Bonchev–Trinajstić information content (AvgIpc) is 3.34. The van der Waals surface area contributed by atoms with E-state index in [1.807, 2.05) is 0 Å². The van der Waals surface area contributed by atoms with E-state index in [-0.39, 0.29) is 17.2 Å². The number of nitrogens with zero attached hydrogens (tertiary/aromatic N) is 2. The van der Waals surface area contributed by atoms with E-state index in [9.17, 15) is 19.2 Å². The lowest BCUT2D eigenvalue weighted by molar-refractivity contribution is -0.136. The molecule has 0 radical (unpaired) electrons. The van der Waals surface area contributed by atoms with Crippen molar-refractivity contribution in [2.75, 3.05) is 44.7 Å². The Morgan fingerprint density at radius 1 is 1.03 bits per heavy atom. The molecule has 1 saturated heterocycles. The number of nitrogens with one attached hydrogen (secondary N) is 1. The molecule has 0 spiro atoms. The van der Waals surface area contributed by atoms with Crippen molar-refractivity contribution in [2.24, 2.45) is 0 Å². The molecule has 1 aromatic carbocycles. The summed E-state index contributed by atoms with van der Waals surface area (Å²) in [6.45, 7) is 4.78. The number of amides is 3. The van der Waals surface area contributed by atoms with Crippen LogP contribution in [0.1, 0.15) is 33.4 Å². The van der Waals surface area contributed by atoms with Crippen molar-refractivity contribution < 1.29 is 33.1 Å². The van der Waals surface area contributed by atoms with Crippen LogP contribution in [0.2, 0.25) is 0 Å². The van der Waals surface area contributed by atoms with Gasteiger partial charge < -0.3 is 29.0 Å². The monoisotopic (exact) mass is 443 g/mol. The van der Waals surface area contributed by atoms with E-state index >= 15 is 0 Å². The van der Waals surface area contributed by atoms with Crippen molar-refractivity contribution in [1.82, 2.24) is 9.80 Å². The number of furan rings is 1. The van der Waals surface area contributed by atoms with Crippen LogP contribution in [0.15, 0.2) is 41.0 Å². The number of benzene rings is 1. The molecule has 0 bridgehead atoms. The molecule has 1 aromatic heterocycles. The Kier molecular flexibility index (Phi) is 7.48. The molecule has 32 heavy (non-hydrogen) atoms. The van der Waals surface area contributed by atoms with Gasteiger partial charge in [0.15, 0.2) is 12.4 Å². The zero-order valence-electron chi connectivity index (χ0n) is 18.0. The van der Waals surface area contributed by atoms with Crippen LogP contribution in [0.4, 0.5) is 10.5 Å². The minimum atomic E-state index is -0.683. The number of carbonyl (C=O) groups is 4. The summed E-state index contributed by atoms with van der Waals surface area (Å²) in [5.74, 6) is -1.33. The highest BCUT2D eigenvalue weighted by Crippen LogP contribution is 2.19. The number of rotatable bonds is 6. The quantitative estimate of drug-likeness (QED) is 0.681. The Labute approximate surface area is 185 Å². The topological polar surface area (TPSA) is 118 Å². The number of esters is 1. The van der Waals surface area contributed by atoms with Crippen LogP contribution in [0.3, 0.4) is 0 Å². The lowest BCUT2D eigenvalue weighted by atomic mass is 10.1. The molecule has 1 fully saturated rings. The first kappa shape index (κ1) is 22.9. The van der Waals surface area contributed by atoms with Gasteiger partial charge in [0.25, 0.3) is 11.8 Å². The van der Waals surface area contributed by atoms with E-state index in [0.29, 0.717) is 38.5 Å². The van der Waals surface area contributed by atoms with E-state index in [1.54, 1.807) is 32.0 Å². The predicted octanol–water partition coefficient (Wildman–Crippen LogP) is 2.30. The summed E-state index contributed by atoms with van der Waals surface area (Å²) in [6.07, 6.45) is 0.990. The van der Waals surface area contributed by atoms with E-state index in [4.69, 9.17) is 13.9 Å². The maximum atomic E-state index is 12.4. The highest BCUT2D eigenvalue weighted by Gasteiger charge is 2.25. The van der Waals surface area contributed by atoms with Gasteiger partial charge in [-0.2, -0.15) is 0 Å². The van der Waals surface area contributed by atoms with Crippen LogP contribution in [-0.2, 0) is 14.3 Å². The van der Waals surface area contributed by atoms with Crippen LogP contribution in [0.25, 0.3) is 0 Å². The van der Waals surface area contributed by atoms with Crippen molar-refractivity contribution in [2.45, 2.75) is 13.8 Å². The van der Waals surface area contributed by atoms with Gasteiger partial charge in [-0.1, -0.05) is 6.07 Å². The molecule has 0 atom stereocenters. The standard InChI is InChI=1S/C22H25N3O7/c1-3-30-22(29)25-10-8-24(9-11-25)19(26)14-32-21(28)16-7-6-15(2)17(13-16)23-20(27)18-5-4-12-31-18/h4-7,12-13H,3,8-11,14H2,1-2H3,(H,23,27). The van der Waals surface area contributed by atoms with Gasteiger partial charge in [0.2, 0.25) is 0 Å². The Hall–Kier alpha value is -3.82. The fraction of sp³-hybridized carbons (Fsp3) is 0.364. The lowest BCUT2D eigenvalue weighted by Crippen LogP contribution is -2.51. The van der Waals surface area contributed by atoms with Crippen molar-refractivity contribution >= 4 is 29.6 Å². The largest absolute Gasteiger partial charge is 0.459 e. The Morgan fingerprint density at radius 3 is 2.41 bits per heavy atom. The van der Waals surface area contributed by atoms with E-state index in [1.165, 1.54) is 28.2 Å². The predicted molar refractivity (Wildman–Crippen MR) is 113 cm³/mol. The normalized spacial score (nSPS) is 13.4. The molecule has 3 amide bonds. The second-order valence-electron chi connectivity index (χ2n) is 7.10. The number of carbonyl (C=O) groups excluding carboxylic acids is 4. The average molecular weight is 443 g/mol. The van der Waals surface area contributed by atoms with E-state index < -0.39 is 24.6 Å². The van der Waals surface area contributed by atoms with Gasteiger partial charge in [-0.3, -0.25) is 9.59 Å². The number of hydrogen-bond acceptors (Lipinski definition) is 7. The fourth-order valence-corrected chi connectivity index (χ4v) is 3.13. The van der Waals surface area contributed by atoms with Crippen molar-refractivity contribution in [3.05, 3.63) is 53.5 Å². The molecule has 1 aliphatic rings. The maximum absolute atomic E-state index is 12.4. The van der Waals surface area contributed by atoms with Crippen molar-refractivity contribution in [3.63, 3.8) is 0 Å². The number of aryl methyl sites for hydroxylation is 1. The maximum Gasteiger partial charge on any atom is 0.409 e. The summed E-state index contributed by atoms with van der Waals surface area (Å²) < 4.78 is 15.2. The molecular formula is C22H25N3O7. The molecule has 1 N–H and O–H groups in total. The highest BCUT2D eigenvalue weighted by atomic mass is 16.6. The summed E-state index contributed by atoms with van der Waals surface area (Å²) in [6, 6.07) is 7.85. The van der Waals surface area contributed by atoms with Gasteiger partial charge >= 0.3 is 12.1 Å². The summed E-state index contributed by atoms with van der Waals surface area (Å²) >= 11 is 0. The smallest absolute Gasteiger partial charge is 0.409 e. The van der Waals surface area contributed by atoms with Gasteiger partial charge in [-0.25, -0.2) is 9.59 Å². The van der Waals surface area contributed by atoms with Gasteiger partial charge in [0.05, 0.1) is 18.4 Å². The van der Waals surface area contributed by atoms with Crippen molar-refractivity contribution in [1.29, 1.82) is 0 Å². The zero-order chi connectivity index (χ0) is 23.1. The van der Waals surface area contributed by atoms with Crippen LogP contribution in [0, 0.1) is 6.92 Å². The first-order valence-corrected chi connectivity index (χ1v) is 10.2. The summed E-state index contributed by atoms with van der Waals surface area (Å²) in [7, 11) is 0. The minimum absolute atomic E-state index is 0.144. The molecule has 0 aliphatic carbocycles. The number of anilines is 1. The first-order valence-electron chi connectivity index (χ1n) is 10.2. The van der Waals surface area contributed by atoms with E-state index in [2.05, 4.69) is 5.32 Å². The summed E-state index contributed by atoms with van der Waals surface area (Å²) in [5.41, 5.74) is 1.38. The van der Waals surface area contributed by atoms with E-state index in [0.717, 1.165) is 5.56 Å². The molecule has 2 aromatic rings. The lowest BCUT2D eigenvalue weighted by Gasteiger charge is -2.33. The third-order valence-electron chi connectivity index (χ3n) is 4.95. The van der Waals surface area contributed by atoms with Crippen molar-refractivity contribution in [3.8, 4) is 0 Å². The van der Waals surface area contributed by atoms with Gasteiger partial charge in [-0.05, 0) is 43.7 Å². The molecule has 10 nitrogen and oxygen atoms in total. The Morgan fingerprint density at radius 2 is 1.75 bits per heavy atom. The fourth-order valence-electron chi connectivity index (χ4n) is 3.13. The third kappa shape index (κ3) is 5.65. The van der Waals surface area contributed by atoms with Gasteiger partial charge in [0.1, 0.15) is 0 Å². The van der Waals surface area contributed by atoms with Crippen LogP contribution in [0.5, 0.6) is 0 Å². The Bertz CT molecular complexity index is 979. The minimum Gasteiger partial charge on any atom is -0.459 e. The number of piperazine rings is 1. The molecule has 170 valence electrons. The number of ether oxygens (including phenoxy) is 2. The summed E-state index contributed by atoms with van der Waals surface area (Å²) in [4.78, 5) is 51.8. The molecule has 2 heterocycles.